The molecule has 0 fully saturated rings. The minimum absolute atomic E-state index is 0.513. The normalized spacial score (nSPS) is 12.5. The van der Waals surface area contributed by atoms with Crippen molar-refractivity contribution >= 4 is 81.4 Å². The summed E-state index contributed by atoms with van der Waals surface area (Å²) in [5, 5.41) is 2.52. The molecule has 0 saturated heterocycles. The van der Waals surface area contributed by atoms with Crippen LogP contribution in [0.2, 0.25) is 6.82 Å². The van der Waals surface area contributed by atoms with Crippen LogP contribution in [0, 0.1) is 0 Å². The zero-order valence-electron chi connectivity index (χ0n) is 29.4. The second-order valence-corrected chi connectivity index (χ2v) is 12.6. The van der Waals surface area contributed by atoms with Crippen LogP contribution in [0.5, 0.6) is 0 Å². The molecule has 0 aliphatic rings. The first-order valence-electron chi connectivity index (χ1n) is 16.6. The molecule has 1 radical (unpaired) electrons. The smallest absolute Gasteiger partial charge is 0.172 e. The van der Waals surface area contributed by atoms with Crippen LogP contribution in [0.1, 0.15) is 49.2 Å². The highest BCUT2D eigenvalue weighted by Gasteiger charge is 2.19. The molecule has 0 aliphatic carbocycles. The van der Waals surface area contributed by atoms with E-state index in [1.54, 1.807) is 28.9 Å². The van der Waals surface area contributed by atoms with Crippen LogP contribution < -0.4 is 5.59 Å². The zero-order valence-corrected chi connectivity index (χ0v) is 31.0. The first-order valence-corrected chi connectivity index (χ1v) is 17.8. The predicted molar refractivity (Wildman–Crippen MR) is 228 cm³/mol. The Bertz CT molecular complexity index is 2310. The summed E-state index contributed by atoms with van der Waals surface area (Å²) in [7, 11) is 2.13. The lowest BCUT2D eigenvalue weighted by molar-refractivity contribution is 1.00. The van der Waals surface area contributed by atoms with Crippen molar-refractivity contribution in [2.45, 2.75) is 27.6 Å². The van der Waals surface area contributed by atoms with Crippen molar-refractivity contribution in [1.82, 2.24) is 24.5 Å². The summed E-state index contributed by atoms with van der Waals surface area (Å²) in [6.45, 7) is 19.8. The van der Waals surface area contributed by atoms with Crippen molar-refractivity contribution in [3.63, 3.8) is 0 Å². The Balaban J connectivity index is 1.62. The maximum Gasteiger partial charge on any atom is 0.172 e. The Morgan fingerprint density at radius 1 is 0.824 bits per heavy atom. The summed E-state index contributed by atoms with van der Waals surface area (Å²) in [5.41, 5.74) is 9.75. The monoisotopic (exact) mass is 700 g/mol. The van der Waals surface area contributed by atoms with E-state index in [-0.39, 0.29) is 0 Å². The Hall–Kier alpha value is -5.57. The molecule has 0 atom stereocenters. The van der Waals surface area contributed by atoms with E-state index in [2.05, 4.69) is 87.0 Å². The van der Waals surface area contributed by atoms with Gasteiger partial charge < -0.3 is 4.57 Å². The number of rotatable bonds is 14. The molecule has 5 aromatic rings. The maximum atomic E-state index is 5.35. The van der Waals surface area contributed by atoms with E-state index in [4.69, 9.17) is 32.2 Å². The van der Waals surface area contributed by atoms with Crippen molar-refractivity contribution in [2.24, 2.45) is 0 Å². The van der Waals surface area contributed by atoms with Crippen molar-refractivity contribution in [1.29, 1.82) is 0 Å². The first kappa shape index (κ1) is 36.7. The third-order valence-electron chi connectivity index (χ3n) is 7.96. The van der Waals surface area contributed by atoms with Gasteiger partial charge in [0.2, 0.25) is 0 Å². The van der Waals surface area contributed by atoms with Crippen molar-refractivity contribution in [3.8, 4) is 27.6 Å². The van der Waals surface area contributed by atoms with Gasteiger partial charge in [-0.2, -0.15) is 0 Å². The van der Waals surface area contributed by atoms with Crippen LogP contribution in [0.3, 0.4) is 0 Å². The third-order valence-corrected chi connectivity index (χ3v) is 9.28. The van der Waals surface area contributed by atoms with Crippen LogP contribution in [-0.2, 0) is 0 Å². The molecular weight excluding hydrogens is 661 g/mol. The van der Waals surface area contributed by atoms with Gasteiger partial charge in [-0.25, -0.2) is 19.9 Å². The first-order chi connectivity index (χ1) is 24.9. The SMILES string of the molecule is C=C/C=C\C=C(/C)c1nc(/C(C=S)=C/C=C\C)nc(-c2ccc3nc(-c4cccc(-n5c([B]C)c(/C=C\C=C)c(C=C)c5/C=C\C)c4)sc3c2)n1. The Morgan fingerprint density at radius 2 is 1.63 bits per heavy atom. The summed E-state index contributed by atoms with van der Waals surface area (Å²) < 4.78 is 3.30. The third kappa shape index (κ3) is 8.09. The van der Waals surface area contributed by atoms with E-state index in [1.807, 2.05) is 81.5 Å². The topological polar surface area (TPSA) is 56.5 Å². The zero-order chi connectivity index (χ0) is 36.3. The number of fused-ring (bicyclic) bond motifs is 1. The standard InChI is InChI=1S/C43H39BN5S2/c1-8-13-16-19-29(6)40-46-41(48-42(47-40)32(28-50)20-14-9-2)30-24-25-36-38(27-30)51-43(45-36)31-21-17-22-33(26-31)49-37(18-11-4)34(12-5)35(23-15-10-3)39(49)44-7/h8-28H,1,3,5H2,2,4,6-7H3/b14-9-,16-13-,18-11-,23-15-,29-19+,32-20+. The number of thiocarbonyl (C=S) groups is 1. The Kier molecular flexibility index (Phi) is 12.5. The fraction of sp³-hybridized carbons (Fsp3) is 0.0930. The predicted octanol–water partition coefficient (Wildman–Crippen LogP) is 11.0. The molecule has 0 unspecified atom stereocenters. The minimum Gasteiger partial charge on any atom is -0.323 e. The molecule has 3 heterocycles. The highest BCUT2D eigenvalue weighted by molar-refractivity contribution is 7.79. The van der Waals surface area contributed by atoms with E-state index in [0.29, 0.717) is 17.5 Å². The van der Waals surface area contributed by atoms with Gasteiger partial charge in [-0.05, 0) is 73.9 Å². The number of benzene rings is 2. The van der Waals surface area contributed by atoms with Gasteiger partial charge in [0.25, 0.3) is 0 Å². The van der Waals surface area contributed by atoms with Gasteiger partial charge in [0.05, 0.1) is 15.9 Å². The Labute approximate surface area is 311 Å². The lowest BCUT2D eigenvalue weighted by Crippen LogP contribution is -2.24. The van der Waals surface area contributed by atoms with Crippen LogP contribution in [0.4, 0.5) is 0 Å². The van der Waals surface area contributed by atoms with Gasteiger partial charge in [0.1, 0.15) is 5.01 Å². The highest BCUT2D eigenvalue weighted by Crippen LogP contribution is 2.34. The fourth-order valence-corrected chi connectivity index (χ4v) is 6.77. The van der Waals surface area contributed by atoms with Crippen LogP contribution in [-0.4, -0.2) is 37.2 Å². The molecule has 5 nitrogen and oxygen atoms in total. The molecular formula is C43H39BN5S2. The van der Waals surface area contributed by atoms with Crippen LogP contribution >= 0.6 is 23.6 Å². The second-order valence-electron chi connectivity index (χ2n) is 11.3. The molecule has 251 valence electrons. The average molecular weight is 701 g/mol. The fourth-order valence-electron chi connectivity index (χ4n) is 5.58. The Morgan fingerprint density at radius 3 is 2.33 bits per heavy atom. The van der Waals surface area contributed by atoms with E-state index >= 15 is 0 Å². The molecule has 0 amide bonds. The van der Waals surface area contributed by atoms with Gasteiger partial charge in [-0.15, -0.1) is 11.3 Å². The minimum atomic E-state index is 0.513. The number of hydrogen-bond acceptors (Lipinski definition) is 6. The summed E-state index contributed by atoms with van der Waals surface area (Å²) in [6, 6.07) is 14.6. The number of thiazole rings is 1. The number of hydrogen-bond donors (Lipinski definition) is 0. The second kappa shape index (κ2) is 17.4. The quantitative estimate of drug-likeness (QED) is 0.0500. The highest BCUT2D eigenvalue weighted by atomic mass is 32.1. The molecule has 0 saturated carbocycles. The van der Waals surface area contributed by atoms with Gasteiger partial charge >= 0.3 is 0 Å². The summed E-state index contributed by atoms with van der Waals surface area (Å²) in [6.07, 6.45) is 25.2. The molecule has 0 spiro atoms. The van der Waals surface area contributed by atoms with Crippen molar-refractivity contribution in [2.75, 3.05) is 0 Å². The maximum absolute atomic E-state index is 5.35. The molecule has 0 bridgehead atoms. The van der Waals surface area contributed by atoms with Gasteiger partial charge in [0, 0.05) is 33.3 Å². The number of allylic oxidation sites excluding steroid dienone is 12. The molecule has 0 aliphatic heterocycles. The molecule has 0 N–H and O–H groups in total. The average Bonchev–Trinajstić information content (AvgIpc) is 3.72. The lowest BCUT2D eigenvalue weighted by Gasteiger charge is -2.13. The number of nitrogens with zero attached hydrogens (tertiary/aromatic N) is 5. The summed E-state index contributed by atoms with van der Waals surface area (Å²) >= 11 is 6.99. The largest absolute Gasteiger partial charge is 0.323 e. The van der Waals surface area contributed by atoms with E-state index in [9.17, 15) is 0 Å². The van der Waals surface area contributed by atoms with E-state index < -0.39 is 0 Å². The van der Waals surface area contributed by atoms with Crippen molar-refractivity contribution in [3.05, 3.63) is 151 Å². The molecule has 3 aromatic heterocycles. The van der Waals surface area contributed by atoms with Crippen LogP contribution in [0.15, 0.2) is 123 Å². The van der Waals surface area contributed by atoms with Gasteiger partial charge in [0.15, 0.2) is 24.8 Å². The summed E-state index contributed by atoms with van der Waals surface area (Å²) in [4.78, 5) is 19.6. The molecule has 8 heteroatoms. The number of aromatic nitrogens is 5. The molecule has 5 rings (SSSR count). The van der Waals surface area contributed by atoms with Crippen LogP contribution in [0.25, 0.3) is 67.2 Å². The van der Waals surface area contributed by atoms with E-state index in [0.717, 1.165) is 65.6 Å². The van der Waals surface area contributed by atoms with E-state index in [1.165, 1.54) is 0 Å². The van der Waals surface area contributed by atoms with Gasteiger partial charge in [-0.1, -0.05) is 124 Å². The van der Waals surface area contributed by atoms with Gasteiger partial charge in [-0.3, -0.25) is 0 Å². The van der Waals surface area contributed by atoms with Crippen molar-refractivity contribution < 1.29 is 0 Å². The lowest BCUT2D eigenvalue weighted by atomic mass is 9.75. The summed E-state index contributed by atoms with van der Waals surface area (Å²) in [5.74, 6) is 1.64. The molecule has 2 aromatic carbocycles. The molecule has 51 heavy (non-hydrogen) atoms.